The number of rotatable bonds is 5. The summed E-state index contributed by atoms with van der Waals surface area (Å²) in [7, 11) is 0. The lowest BCUT2D eigenvalue weighted by molar-refractivity contribution is -0.144. The Hall–Kier alpha value is -2.31. The van der Waals surface area contributed by atoms with Gasteiger partial charge in [0, 0.05) is 44.8 Å². The summed E-state index contributed by atoms with van der Waals surface area (Å²) < 4.78 is 5.05. The van der Waals surface area contributed by atoms with Crippen molar-refractivity contribution in [2.45, 2.75) is 51.9 Å². The number of aromatic nitrogens is 1. The van der Waals surface area contributed by atoms with Crippen molar-refractivity contribution in [3.05, 3.63) is 23.4 Å². The van der Waals surface area contributed by atoms with Crippen LogP contribution in [0.1, 0.15) is 50.3 Å². The molecular formula is C23H34N4O3. The summed E-state index contributed by atoms with van der Waals surface area (Å²) in [6.07, 6.45) is 6.50. The second-order valence-electron chi connectivity index (χ2n) is 8.87. The van der Waals surface area contributed by atoms with E-state index < -0.39 is 0 Å². The molecule has 0 aromatic carbocycles. The van der Waals surface area contributed by atoms with Crippen LogP contribution in [0.2, 0.25) is 0 Å². The van der Waals surface area contributed by atoms with Crippen LogP contribution in [0, 0.1) is 11.8 Å². The number of nitrogens with zero attached hydrogens (tertiary/aromatic N) is 3. The third-order valence-corrected chi connectivity index (χ3v) is 6.65. The number of anilines is 1. The van der Waals surface area contributed by atoms with Gasteiger partial charge in [0.1, 0.15) is 5.82 Å². The van der Waals surface area contributed by atoms with Gasteiger partial charge in [-0.05, 0) is 68.9 Å². The van der Waals surface area contributed by atoms with E-state index in [1.807, 2.05) is 16.7 Å². The van der Waals surface area contributed by atoms with Crippen LogP contribution < -0.4 is 5.32 Å². The van der Waals surface area contributed by atoms with Crippen molar-refractivity contribution in [3.63, 3.8) is 0 Å². The topological polar surface area (TPSA) is 74.8 Å². The maximum Gasteiger partial charge on any atom is 0.320 e. The number of hydrogen-bond acceptors (Lipinski definition) is 5. The van der Waals surface area contributed by atoms with Gasteiger partial charge in [0.05, 0.1) is 6.61 Å². The Morgan fingerprint density at radius 1 is 1.13 bits per heavy atom. The molecule has 7 heteroatoms. The van der Waals surface area contributed by atoms with Crippen LogP contribution >= 0.6 is 0 Å². The normalized spacial score (nSPS) is 21.8. The molecule has 3 aliphatic rings. The van der Waals surface area contributed by atoms with Gasteiger partial charge in [-0.2, -0.15) is 0 Å². The van der Waals surface area contributed by atoms with Crippen molar-refractivity contribution in [1.82, 2.24) is 14.8 Å². The molecular weight excluding hydrogens is 380 g/mol. The first-order valence-corrected chi connectivity index (χ1v) is 11.5. The first-order chi connectivity index (χ1) is 14.6. The molecule has 2 amide bonds. The average molecular weight is 415 g/mol. The number of hydrogen-bond donors (Lipinski definition) is 1. The quantitative estimate of drug-likeness (QED) is 0.750. The highest BCUT2D eigenvalue weighted by Gasteiger charge is 2.32. The number of ether oxygens (including phenoxy) is 1. The maximum atomic E-state index is 13.0. The molecule has 0 aliphatic carbocycles. The van der Waals surface area contributed by atoms with E-state index in [0.717, 1.165) is 76.3 Å². The molecule has 164 valence electrons. The molecule has 2 fully saturated rings. The number of esters is 1. The van der Waals surface area contributed by atoms with Gasteiger partial charge in [-0.15, -0.1) is 0 Å². The standard InChI is InChI=1S/C23H34N4O3/c1-2-30-21(28)15-17-7-11-26(12-8-17)23(29)27-13-9-18(16-27)14-20-6-5-19-4-3-10-24-22(19)25-20/h5-6,17-18H,2-4,7-16H2,1H3,(H,24,25). The molecule has 1 N–H and O–H groups in total. The molecule has 1 aromatic heterocycles. The minimum Gasteiger partial charge on any atom is -0.466 e. The SMILES string of the molecule is CCOC(=O)CC1CCN(C(=O)N2CCC(Cc3ccc4c(n3)NCCC4)C2)CC1. The minimum absolute atomic E-state index is 0.115. The van der Waals surface area contributed by atoms with Crippen LogP contribution in [0.3, 0.4) is 0 Å². The van der Waals surface area contributed by atoms with E-state index in [0.29, 0.717) is 24.9 Å². The molecule has 1 aromatic rings. The van der Waals surface area contributed by atoms with E-state index in [1.165, 1.54) is 12.0 Å². The van der Waals surface area contributed by atoms with Crippen molar-refractivity contribution < 1.29 is 14.3 Å². The van der Waals surface area contributed by atoms with Gasteiger partial charge >= 0.3 is 12.0 Å². The van der Waals surface area contributed by atoms with Crippen molar-refractivity contribution in [2.75, 3.05) is 44.6 Å². The summed E-state index contributed by atoms with van der Waals surface area (Å²) in [5.74, 6) is 1.75. The van der Waals surface area contributed by atoms with Crippen molar-refractivity contribution in [1.29, 1.82) is 0 Å². The summed E-state index contributed by atoms with van der Waals surface area (Å²) in [4.78, 5) is 33.4. The number of amides is 2. The second kappa shape index (κ2) is 9.67. The Kier molecular flexibility index (Phi) is 6.75. The average Bonchev–Trinajstić information content (AvgIpc) is 3.22. The van der Waals surface area contributed by atoms with Gasteiger partial charge < -0.3 is 19.9 Å². The number of carbonyl (C=O) groups is 2. The highest BCUT2D eigenvalue weighted by Crippen LogP contribution is 2.26. The molecule has 3 aliphatic heterocycles. The molecule has 2 saturated heterocycles. The highest BCUT2D eigenvalue weighted by atomic mass is 16.5. The predicted molar refractivity (Wildman–Crippen MR) is 115 cm³/mol. The third-order valence-electron chi connectivity index (χ3n) is 6.65. The van der Waals surface area contributed by atoms with Crippen LogP contribution in [0.25, 0.3) is 0 Å². The number of carbonyl (C=O) groups excluding carboxylic acids is 2. The molecule has 0 bridgehead atoms. The zero-order chi connectivity index (χ0) is 20.9. The van der Waals surface area contributed by atoms with Gasteiger partial charge in [-0.25, -0.2) is 9.78 Å². The zero-order valence-electron chi connectivity index (χ0n) is 18.1. The fourth-order valence-electron chi connectivity index (χ4n) is 4.94. The zero-order valence-corrected chi connectivity index (χ0v) is 18.1. The maximum absolute atomic E-state index is 13.0. The Bertz CT molecular complexity index is 761. The summed E-state index contributed by atoms with van der Waals surface area (Å²) >= 11 is 0. The van der Waals surface area contributed by atoms with Crippen molar-refractivity contribution in [2.24, 2.45) is 11.8 Å². The van der Waals surface area contributed by atoms with E-state index >= 15 is 0 Å². The van der Waals surface area contributed by atoms with Gasteiger partial charge in [-0.3, -0.25) is 4.79 Å². The van der Waals surface area contributed by atoms with Gasteiger partial charge in [0.25, 0.3) is 0 Å². The molecule has 30 heavy (non-hydrogen) atoms. The molecule has 1 atom stereocenters. The first-order valence-electron chi connectivity index (χ1n) is 11.5. The lowest BCUT2D eigenvalue weighted by Gasteiger charge is -2.34. The van der Waals surface area contributed by atoms with Crippen molar-refractivity contribution in [3.8, 4) is 0 Å². The molecule has 0 saturated carbocycles. The van der Waals surface area contributed by atoms with Crippen LogP contribution in [0.15, 0.2) is 12.1 Å². The number of pyridine rings is 1. The Morgan fingerprint density at radius 3 is 2.70 bits per heavy atom. The van der Waals surface area contributed by atoms with Gasteiger partial charge in [0.15, 0.2) is 0 Å². The number of likely N-dealkylation sites (tertiary alicyclic amines) is 2. The highest BCUT2D eigenvalue weighted by molar-refractivity contribution is 5.75. The molecule has 7 nitrogen and oxygen atoms in total. The first kappa shape index (κ1) is 20.9. The molecule has 0 spiro atoms. The largest absolute Gasteiger partial charge is 0.466 e. The summed E-state index contributed by atoms with van der Waals surface area (Å²) in [6.45, 7) is 6.39. The van der Waals surface area contributed by atoms with Gasteiger partial charge in [0.2, 0.25) is 0 Å². The summed E-state index contributed by atoms with van der Waals surface area (Å²) in [6, 6.07) is 4.53. The number of nitrogens with one attached hydrogen (secondary N) is 1. The minimum atomic E-state index is -0.115. The monoisotopic (exact) mass is 414 g/mol. The number of fused-ring (bicyclic) bond motifs is 1. The predicted octanol–water partition coefficient (Wildman–Crippen LogP) is 3.09. The molecule has 0 radical (unpaired) electrons. The van der Waals surface area contributed by atoms with Crippen LogP contribution in [-0.4, -0.2) is 66.1 Å². The number of piperidine rings is 1. The van der Waals surface area contributed by atoms with E-state index in [1.54, 1.807) is 0 Å². The Morgan fingerprint density at radius 2 is 1.90 bits per heavy atom. The fourth-order valence-corrected chi connectivity index (χ4v) is 4.94. The van der Waals surface area contributed by atoms with E-state index in [2.05, 4.69) is 17.4 Å². The number of urea groups is 1. The van der Waals surface area contributed by atoms with Crippen LogP contribution in [0.5, 0.6) is 0 Å². The summed E-state index contributed by atoms with van der Waals surface area (Å²) in [5.41, 5.74) is 2.45. The summed E-state index contributed by atoms with van der Waals surface area (Å²) in [5, 5.41) is 3.41. The molecule has 4 heterocycles. The lowest BCUT2D eigenvalue weighted by atomic mass is 9.94. The Labute approximate surface area is 179 Å². The van der Waals surface area contributed by atoms with E-state index in [9.17, 15) is 9.59 Å². The smallest absolute Gasteiger partial charge is 0.320 e. The van der Waals surface area contributed by atoms with E-state index in [-0.39, 0.29) is 12.0 Å². The molecule has 4 rings (SSSR count). The third kappa shape index (κ3) is 5.05. The lowest BCUT2D eigenvalue weighted by Crippen LogP contribution is -2.46. The van der Waals surface area contributed by atoms with Crippen molar-refractivity contribution >= 4 is 17.8 Å². The van der Waals surface area contributed by atoms with E-state index in [4.69, 9.17) is 9.72 Å². The van der Waals surface area contributed by atoms with Crippen LogP contribution in [-0.2, 0) is 22.4 Å². The fraction of sp³-hybridized carbons (Fsp3) is 0.696. The second-order valence-corrected chi connectivity index (χ2v) is 8.87. The van der Waals surface area contributed by atoms with Crippen LogP contribution in [0.4, 0.5) is 10.6 Å². The Balaban J connectivity index is 1.24. The number of aryl methyl sites for hydroxylation is 1. The van der Waals surface area contributed by atoms with Gasteiger partial charge in [-0.1, -0.05) is 6.07 Å². The molecule has 1 unspecified atom stereocenters.